The van der Waals surface area contributed by atoms with Crippen molar-refractivity contribution >= 4 is 28.4 Å². The lowest BCUT2D eigenvalue weighted by Crippen LogP contribution is -2.13. The molecular weight excluding hydrogens is 263 g/mol. The molecule has 1 aromatic carbocycles. The fourth-order valence-corrected chi connectivity index (χ4v) is 1.16. The Morgan fingerprint density at radius 2 is 2.28 bits per heavy atom. The number of hydrogen-bond donors (Lipinski definition) is 1. The van der Waals surface area contributed by atoms with Crippen LogP contribution in [-0.2, 0) is 9.53 Å². The summed E-state index contributed by atoms with van der Waals surface area (Å²) in [4.78, 5) is 11.1. The minimum atomic E-state index is -0.777. The smallest absolute Gasteiger partial charge is 0.370 e. The number of hydrogen-bond acceptors (Lipinski definition) is 5. The number of carbonyl (C=O) groups is 1. The highest BCUT2D eigenvalue weighted by Gasteiger charge is 2.10. The second-order valence-corrected chi connectivity index (χ2v) is 3.44. The molecule has 1 aromatic rings. The van der Waals surface area contributed by atoms with Gasteiger partial charge in [-0.1, -0.05) is 11.6 Å². The molecule has 18 heavy (non-hydrogen) atoms. The van der Waals surface area contributed by atoms with Gasteiger partial charge in [0.1, 0.15) is 5.75 Å². The summed E-state index contributed by atoms with van der Waals surface area (Å²) in [6.45, 7) is 1.82. The Balaban J connectivity index is 2.73. The summed E-state index contributed by atoms with van der Waals surface area (Å²) < 4.78 is 22.9. The van der Waals surface area contributed by atoms with E-state index in [0.29, 0.717) is 5.75 Å². The molecule has 0 saturated carbocycles. The van der Waals surface area contributed by atoms with Crippen LogP contribution < -0.4 is 10.2 Å². The number of ether oxygens (including phenoxy) is 2. The van der Waals surface area contributed by atoms with E-state index in [4.69, 9.17) is 16.3 Å². The van der Waals surface area contributed by atoms with Crippen molar-refractivity contribution in [3.63, 3.8) is 0 Å². The number of benzene rings is 1. The third-order valence-electron chi connectivity index (χ3n) is 1.89. The lowest BCUT2D eigenvalue weighted by Gasteiger charge is -2.05. The summed E-state index contributed by atoms with van der Waals surface area (Å²) in [6, 6.07) is 4.13. The standard InChI is InChI=1S/C11H12ClFN2O3/c1-3-18-11(16)10(12)15-14-9-5-4-7(17-2)6-8(9)13/h4-6,14H,3H2,1-2H3/b15-10-. The van der Waals surface area contributed by atoms with Gasteiger partial charge in [-0.05, 0) is 19.1 Å². The Morgan fingerprint density at radius 1 is 1.56 bits per heavy atom. The maximum atomic E-state index is 13.5. The van der Waals surface area contributed by atoms with Crippen LogP contribution in [0.4, 0.5) is 10.1 Å². The first-order valence-electron chi connectivity index (χ1n) is 5.08. The van der Waals surface area contributed by atoms with Gasteiger partial charge in [0.2, 0.25) is 5.17 Å². The van der Waals surface area contributed by atoms with Crippen LogP contribution in [0.5, 0.6) is 5.75 Å². The molecule has 0 heterocycles. The summed E-state index contributed by atoms with van der Waals surface area (Å²) >= 11 is 5.54. The van der Waals surface area contributed by atoms with E-state index >= 15 is 0 Å². The van der Waals surface area contributed by atoms with Gasteiger partial charge in [-0.2, -0.15) is 5.10 Å². The molecule has 0 bridgehead atoms. The first-order chi connectivity index (χ1) is 8.58. The van der Waals surface area contributed by atoms with Crippen LogP contribution >= 0.6 is 11.6 Å². The average Bonchev–Trinajstić information content (AvgIpc) is 2.37. The number of halogens is 2. The molecule has 0 radical (unpaired) electrons. The second kappa shape index (κ2) is 6.80. The monoisotopic (exact) mass is 274 g/mol. The van der Waals surface area contributed by atoms with E-state index in [-0.39, 0.29) is 12.3 Å². The van der Waals surface area contributed by atoms with Crippen LogP contribution in [0.2, 0.25) is 0 Å². The maximum absolute atomic E-state index is 13.5. The van der Waals surface area contributed by atoms with Gasteiger partial charge in [-0.25, -0.2) is 9.18 Å². The molecule has 0 amide bonds. The molecule has 0 aromatic heterocycles. The van der Waals surface area contributed by atoms with Crippen LogP contribution in [-0.4, -0.2) is 24.9 Å². The first-order valence-corrected chi connectivity index (χ1v) is 5.46. The van der Waals surface area contributed by atoms with Crippen molar-refractivity contribution in [2.24, 2.45) is 5.10 Å². The SMILES string of the molecule is CCOC(=O)/C(Cl)=N/Nc1ccc(OC)cc1F. The van der Waals surface area contributed by atoms with E-state index in [2.05, 4.69) is 15.3 Å². The van der Waals surface area contributed by atoms with Gasteiger partial charge < -0.3 is 9.47 Å². The Hall–Kier alpha value is -1.82. The molecule has 0 spiro atoms. The average molecular weight is 275 g/mol. The Labute approximate surface area is 109 Å². The Bertz CT molecular complexity index is 466. The Kier molecular flexibility index (Phi) is 5.38. The quantitative estimate of drug-likeness (QED) is 0.509. The van der Waals surface area contributed by atoms with Gasteiger partial charge in [0.05, 0.1) is 19.4 Å². The van der Waals surface area contributed by atoms with Crippen molar-refractivity contribution in [1.82, 2.24) is 0 Å². The lowest BCUT2D eigenvalue weighted by atomic mass is 10.3. The van der Waals surface area contributed by atoms with Gasteiger partial charge in [0.25, 0.3) is 0 Å². The summed E-state index contributed by atoms with van der Waals surface area (Å²) in [6.07, 6.45) is 0. The molecule has 0 fully saturated rings. The summed E-state index contributed by atoms with van der Waals surface area (Å²) in [5, 5.41) is 3.10. The molecule has 98 valence electrons. The zero-order valence-corrected chi connectivity index (χ0v) is 10.6. The van der Waals surface area contributed by atoms with E-state index in [1.807, 2.05) is 0 Å². The number of anilines is 1. The van der Waals surface area contributed by atoms with Gasteiger partial charge in [0, 0.05) is 6.07 Å². The van der Waals surface area contributed by atoms with E-state index in [9.17, 15) is 9.18 Å². The molecule has 1 N–H and O–H groups in total. The van der Waals surface area contributed by atoms with E-state index in [0.717, 1.165) is 0 Å². The van der Waals surface area contributed by atoms with E-state index in [1.54, 1.807) is 13.0 Å². The predicted molar refractivity (Wildman–Crippen MR) is 66.5 cm³/mol. The molecule has 0 aliphatic rings. The van der Waals surface area contributed by atoms with Gasteiger partial charge in [-0.15, -0.1) is 0 Å². The number of hydrazone groups is 1. The van der Waals surface area contributed by atoms with E-state index < -0.39 is 17.0 Å². The number of nitrogens with one attached hydrogen (secondary N) is 1. The summed E-state index contributed by atoms with van der Waals surface area (Å²) in [7, 11) is 1.43. The Morgan fingerprint density at radius 3 is 2.83 bits per heavy atom. The first kappa shape index (κ1) is 14.2. The number of methoxy groups -OCH3 is 1. The minimum absolute atomic E-state index is 0.0678. The molecule has 5 nitrogen and oxygen atoms in total. The molecule has 0 aliphatic heterocycles. The fourth-order valence-electron chi connectivity index (χ4n) is 1.06. The van der Waals surface area contributed by atoms with Crippen molar-refractivity contribution in [2.45, 2.75) is 6.92 Å². The van der Waals surface area contributed by atoms with Crippen LogP contribution in [0.15, 0.2) is 23.3 Å². The van der Waals surface area contributed by atoms with Crippen molar-refractivity contribution in [3.8, 4) is 5.75 Å². The third-order valence-corrected chi connectivity index (χ3v) is 2.13. The molecule has 0 saturated heterocycles. The van der Waals surface area contributed by atoms with Crippen LogP contribution in [0.25, 0.3) is 0 Å². The maximum Gasteiger partial charge on any atom is 0.370 e. The molecular formula is C11H12ClFN2O3. The van der Waals surface area contributed by atoms with Crippen LogP contribution in [0.3, 0.4) is 0 Å². The zero-order valence-electron chi connectivity index (χ0n) is 9.87. The van der Waals surface area contributed by atoms with Gasteiger partial charge in [0.15, 0.2) is 5.82 Å². The zero-order chi connectivity index (χ0) is 13.5. The topological polar surface area (TPSA) is 59.9 Å². The van der Waals surface area contributed by atoms with Crippen molar-refractivity contribution in [1.29, 1.82) is 0 Å². The lowest BCUT2D eigenvalue weighted by molar-refractivity contribution is -0.134. The molecule has 0 unspecified atom stereocenters. The molecule has 0 aliphatic carbocycles. The van der Waals surface area contributed by atoms with Crippen molar-refractivity contribution in [2.75, 3.05) is 19.1 Å². The minimum Gasteiger partial charge on any atom is -0.497 e. The normalized spacial score (nSPS) is 11.0. The highest BCUT2D eigenvalue weighted by molar-refractivity contribution is 6.82. The third kappa shape index (κ3) is 3.89. The van der Waals surface area contributed by atoms with Gasteiger partial charge >= 0.3 is 5.97 Å². The molecule has 7 heteroatoms. The number of rotatable bonds is 5. The van der Waals surface area contributed by atoms with E-state index in [1.165, 1.54) is 19.2 Å². The van der Waals surface area contributed by atoms with Crippen LogP contribution in [0, 0.1) is 5.82 Å². The van der Waals surface area contributed by atoms with Crippen molar-refractivity contribution in [3.05, 3.63) is 24.0 Å². The molecule has 1 rings (SSSR count). The summed E-state index contributed by atoms with van der Waals surface area (Å²) in [5.41, 5.74) is 2.40. The number of esters is 1. The second-order valence-electron chi connectivity index (χ2n) is 3.08. The van der Waals surface area contributed by atoms with Crippen LogP contribution in [0.1, 0.15) is 6.92 Å². The highest BCUT2D eigenvalue weighted by Crippen LogP contribution is 2.20. The van der Waals surface area contributed by atoms with Gasteiger partial charge in [-0.3, -0.25) is 5.43 Å². The highest BCUT2D eigenvalue weighted by atomic mass is 35.5. The largest absolute Gasteiger partial charge is 0.497 e. The predicted octanol–water partition coefficient (Wildman–Crippen LogP) is 2.36. The fraction of sp³-hybridized carbons (Fsp3) is 0.273. The molecule has 0 atom stereocenters. The van der Waals surface area contributed by atoms with Crippen molar-refractivity contribution < 1.29 is 18.7 Å². The number of nitrogens with zero attached hydrogens (tertiary/aromatic N) is 1. The summed E-state index contributed by atoms with van der Waals surface area (Å²) in [5.74, 6) is -0.981. The number of carbonyl (C=O) groups excluding carboxylic acids is 1.